The van der Waals surface area contributed by atoms with Gasteiger partial charge in [-0.1, -0.05) is 23.9 Å². The van der Waals surface area contributed by atoms with Crippen LogP contribution in [0.5, 0.6) is 0 Å². The number of rotatable bonds is 8. The van der Waals surface area contributed by atoms with Crippen LogP contribution in [0.3, 0.4) is 0 Å². The van der Waals surface area contributed by atoms with Gasteiger partial charge in [-0.05, 0) is 55.8 Å². The first-order chi connectivity index (χ1) is 16.5. The first-order valence-corrected chi connectivity index (χ1v) is 12.7. The second-order valence-electron chi connectivity index (χ2n) is 7.41. The van der Waals surface area contributed by atoms with Gasteiger partial charge < -0.3 is 10.2 Å². The molecule has 2 aromatic heterocycles. The van der Waals surface area contributed by atoms with Gasteiger partial charge in [0.15, 0.2) is 0 Å². The number of thioether (sulfide) groups is 1. The number of carbonyl (C=O) groups is 2. The van der Waals surface area contributed by atoms with Gasteiger partial charge >= 0.3 is 0 Å². The van der Waals surface area contributed by atoms with E-state index < -0.39 is 0 Å². The van der Waals surface area contributed by atoms with Crippen molar-refractivity contribution in [1.82, 2.24) is 14.9 Å². The molecule has 0 radical (unpaired) electrons. The quantitative estimate of drug-likeness (QED) is 0.251. The predicted octanol–water partition coefficient (Wildman–Crippen LogP) is 5.71. The average molecular weight is 495 g/mol. The molecule has 0 spiro atoms. The molecule has 0 saturated heterocycles. The Kier molecular flexibility index (Phi) is 7.54. The largest absolute Gasteiger partial charge is 0.339 e. The van der Waals surface area contributed by atoms with Crippen molar-refractivity contribution in [2.75, 3.05) is 24.2 Å². The highest BCUT2D eigenvalue weighted by molar-refractivity contribution is 8.00. The van der Waals surface area contributed by atoms with Crippen molar-refractivity contribution in [1.29, 1.82) is 0 Å². The molecule has 4 aromatic rings. The molecule has 34 heavy (non-hydrogen) atoms. The molecule has 0 fully saturated rings. The lowest BCUT2D eigenvalue weighted by Gasteiger charge is -2.18. The molecule has 0 aliphatic rings. The minimum Gasteiger partial charge on any atom is -0.339 e. The summed E-state index contributed by atoms with van der Waals surface area (Å²) in [7, 11) is 0. The van der Waals surface area contributed by atoms with E-state index in [4.69, 9.17) is 0 Å². The third kappa shape index (κ3) is 5.26. The Bertz CT molecular complexity index is 1300. The summed E-state index contributed by atoms with van der Waals surface area (Å²) in [4.78, 5) is 36.3. The first kappa shape index (κ1) is 23.8. The van der Waals surface area contributed by atoms with Gasteiger partial charge in [-0.25, -0.2) is 14.4 Å². The number of hydrogen-bond donors (Lipinski definition) is 1. The smallest absolute Gasteiger partial charge is 0.253 e. The van der Waals surface area contributed by atoms with Gasteiger partial charge in [0.1, 0.15) is 22.0 Å². The van der Waals surface area contributed by atoms with E-state index in [0.29, 0.717) is 29.4 Å². The highest BCUT2D eigenvalue weighted by atomic mass is 32.2. The summed E-state index contributed by atoms with van der Waals surface area (Å²) in [6.07, 6.45) is 1.49. The molecular formula is C25H23FN4O2S2. The van der Waals surface area contributed by atoms with Gasteiger partial charge in [0, 0.05) is 35.3 Å². The standard InChI is InChI=1S/C25H23FN4O2S2/c1-3-30(4-2)25(32)17-7-11-19(12-8-17)29-21(31)14-34-24-22-20(13-33-23(22)27-15-28-24)16-5-9-18(26)10-6-16/h5-13,15H,3-4,14H2,1-2H3,(H,29,31). The summed E-state index contributed by atoms with van der Waals surface area (Å²) in [5.74, 6) is -0.348. The second-order valence-corrected chi connectivity index (χ2v) is 9.23. The van der Waals surface area contributed by atoms with Crippen LogP contribution in [0.1, 0.15) is 24.2 Å². The molecule has 0 aliphatic carbocycles. The zero-order valence-corrected chi connectivity index (χ0v) is 20.4. The van der Waals surface area contributed by atoms with E-state index in [1.165, 1.54) is 41.6 Å². The van der Waals surface area contributed by atoms with Crippen LogP contribution in [0.4, 0.5) is 10.1 Å². The Labute approximate surface area is 205 Å². The van der Waals surface area contributed by atoms with Crippen LogP contribution in [0, 0.1) is 5.82 Å². The highest BCUT2D eigenvalue weighted by Crippen LogP contribution is 2.37. The van der Waals surface area contributed by atoms with Crippen LogP contribution in [0.25, 0.3) is 21.3 Å². The molecule has 2 aromatic carbocycles. The summed E-state index contributed by atoms with van der Waals surface area (Å²) in [6, 6.07) is 13.2. The van der Waals surface area contributed by atoms with Gasteiger partial charge in [0.2, 0.25) is 5.91 Å². The number of benzene rings is 2. The monoisotopic (exact) mass is 494 g/mol. The van der Waals surface area contributed by atoms with Crippen LogP contribution < -0.4 is 5.32 Å². The zero-order valence-electron chi connectivity index (χ0n) is 18.7. The fourth-order valence-electron chi connectivity index (χ4n) is 3.52. The Morgan fingerprint density at radius 1 is 1.03 bits per heavy atom. The zero-order chi connectivity index (χ0) is 24.1. The summed E-state index contributed by atoms with van der Waals surface area (Å²) < 4.78 is 13.4. The molecule has 1 N–H and O–H groups in total. The van der Waals surface area contributed by atoms with Crippen LogP contribution >= 0.6 is 23.1 Å². The van der Waals surface area contributed by atoms with Crippen LogP contribution in [0.15, 0.2) is 65.3 Å². The van der Waals surface area contributed by atoms with E-state index in [9.17, 15) is 14.0 Å². The third-order valence-electron chi connectivity index (χ3n) is 5.30. The van der Waals surface area contributed by atoms with Gasteiger partial charge in [-0.2, -0.15) is 0 Å². The average Bonchev–Trinajstić information content (AvgIpc) is 3.29. The minimum atomic E-state index is -0.295. The summed E-state index contributed by atoms with van der Waals surface area (Å²) in [6.45, 7) is 5.18. The molecule has 2 amide bonds. The van der Waals surface area contributed by atoms with Gasteiger partial charge in [0.25, 0.3) is 5.91 Å². The fourth-order valence-corrected chi connectivity index (χ4v) is 5.31. The fraction of sp³-hybridized carbons (Fsp3) is 0.200. The summed E-state index contributed by atoms with van der Waals surface area (Å²) in [5.41, 5.74) is 2.99. The van der Waals surface area contributed by atoms with E-state index >= 15 is 0 Å². The van der Waals surface area contributed by atoms with Gasteiger partial charge in [0.05, 0.1) is 11.1 Å². The molecule has 9 heteroatoms. The number of nitrogens with one attached hydrogen (secondary N) is 1. The summed E-state index contributed by atoms with van der Waals surface area (Å²) in [5, 5.41) is 6.39. The van der Waals surface area contributed by atoms with Crippen molar-refractivity contribution in [2.45, 2.75) is 18.9 Å². The number of carbonyl (C=O) groups excluding carboxylic acids is 2. The van der Waals surface area contributed by atoms with Crippen molar-refractivity contribution in [2.24, 2.45) is 0 Å². The molecule has 6 nitrogen and oxygen atoms in total. The molecule has 4 rings (SSSR count). The number of anilines is 1. The predicted molar refractivity (Wildman–Crippen MR) is 136 cm³/mol. The number of amides is 2. The number of aromatic nitrogens is 2. The molecule has 0 unspecified atom stereocenters. The topological polar surface area (TPSA) is 75.2 Å². The maximum Gasteiger partial charge on any atom is 0.253 e. The van der Waals surface area contributed by atoms with Crippen LogP contribution in [-0.2, 0) is 4.79 Å². The SMILES string of the molecule is CCN(CC)C(=O)c1ccc(NC(=O)CSc2ncnc3scc(-c4ccc(F)cc4)c23)cc1. The molecule has 2 heterocycles. The van der Waals surface area contributed by atoms with Crippen molar-refractivity contribution < 1.29 is 14.0 Å². The number of hydrogen-bond acceptors (Lipinski definition) is 6. The van der Waals surface area contributed by atoms with E-state index in [2.05, 4.69) is 15.3 Å². The van der Waals surface area contributed by atoms with E-state index in [1.807, 2.05) is 19.2 Å². The molecular weight excluding hydrogens is 471 g/mol. The lowest BCUT2D eigenvalue weighted by molar-refractivity contribution is -0.113. The maximum atomic E-state index is 13.4. The Morgan fingerprint density at radius 2 is 1.74 bits per heavy atom. The van der Waals surface area contributed by atoms with Crippen LogP contribution in [-0.4, -0.2) is 45.5 Å². The van der Waals surface area contributed by atoms with Gasteiger partial charge in [-0.15, -0.1) is 11.3 Å². The number of fused-ring (bicyclic) bond motifs is 1. The molecule has 0 atom stereocenters. The van der Waals surface area contributed by atoms with E-state index in [0.717, 1.165) is 21.3 Å². The first-order valence-electron chi connectivity index (χ1n) is 10.8. The lowest BCUT2D eigenvalue weighted by atomic mass is 10.1. The second kappa shape index (κ2) is 10.8. The van der Waals surface area contributed by atoms with E-state index in [-0.39, 0.29) is 23.4 Å². The van der Waals surface area contributed by atoms with Crippen molar-refractivity contribution in [3.8, 4) is 11.1 Å². The molecule has 0 bridgehead atoms. The highest BCUT2D eigenvalue weighted by Gasteiger charge is 2.16. The molecule has 0 saturated carbocycles. The Morgan fingerprint density at radius 3 is 2.41 bits per heavy atom. The summed E-state index contributed by atoms with van der Waals surface area (Å²) >= 11 is 2.80. The van der Waals surface area contributed by atoms with Gasteiger partial charge in [-0.3, -0.25) is 9.59 Å². The lowest BCUT2D eigenvalue weighted by Crippen LogP contribution is -2.30. The minimum absolute atomic E-state index is 0.0288. The van der Waals surface area contributed by atoms with Crippen molar-refractivity contribution in [3.63, 3.8) is 0 Å². The number of thiophene rings is 1. The Balaban J connectivity index is 1.44. The normalized spacial score (nSPS) is 10.9. The van der Waals surface area contributed by atoms with Crippen molar-refractivity contribution >= 4 is 50.8 Å². The third-order valence-corrected chi connectivity index (χ3v) is 7.17. The maximum absolute atomic E-state index is 13.4. The van der Waals surface area contributed by atoms with Crippen LogP contribution in [0.2, 0.25) is 0 Å². The van der Waals surface area contributed by atoms with E-state index in [1.54, 1.807) is 41.3 Å². The molecule has 174 valence electrons. The number of halogens is 1. The van der Waals surface area contributed by atoms with Crippen molar-refractivity contribution in [3.05, 3.63) is 71.6 Å². The number of nitrogens with zero attached hydrogens (tertiary/aromatic N) is 3. The molecule has 0 aliphatic heterocycles. The Hall–Kier alpha value is -3.30.